The standard InChI is InChI=1S/C53H88O15/c1-3-5-7-9-11-13-15-17-18-19-20-21-22-24-25-27-29-31-33-35-44(55)63-38-41(66-45(56)36-34-32-30-28-26-23-16-14-12-10-8-6-4-2)39-64-52-51(62)49(60)47(58)43(68-52)40-65-53-50(61)48(59)46(57)42(37-54)67-53/h6,8,10,12,14,16,19-20,23,26,28,30,41-43,46-54,57-62H,3-5,7,9,11,13,15,17-18,21-22,24-25,27,29,31-40H2,1-2H3/b8-6+,12-10+,16-14+,20-19+,26-23+,30-28+/t41?,42-,43-,46+,47+,48?,49?,50?,51?,52-,53-/m1/s1. The van der Waals surface area contributed by atoms with Crippen LogP contribution in [0.5, 0.6) is 0 Å². The zero-order chi connectivity index (χ0) is 49.6. The summed E-state index contributed by atoms with van der Waals surface area (Å²) in [6.07, 6.45) is 29.5. The van der Waals surface area contributed by atoms with Crippen LogP contribution in [-0.2, 0) is 38.0 Å². The fourth-order valence-electron chi connectivity index (χ4n) is 7.59. The number of aliphatic hydroxyl groups excluding tert-OH is 7. The summed E-state index contributed by atoms with van der Waals surface area (Å²) in [5.41, 5.74) is 0. The van der Waals surface area contributed by atoms with Crippen molar-refractivity contribution < 1.29 is 73.8 Å². The van der Waals surface area contributed by atoms with Gasteiger partial charge in [-0.15, -0.1) is 0 Å². The zero-order valence-electron chi connectivity index (χ0n) is 41.1. The number of ether oxygens (including phenoxy) is 6. The molecule has 0 aromatic carbocycles. The predicted molar refractivity (Wildman–Crippen MR) is 261 cm³/mol. The number of allylic oxidation sites excluding steroid dienone is 12. The van der Waals surface area contributed by atoms with Gasteiger partial charge in [0.2, 0.25) is 0 Å². The van der Waals surface area contributed by atoms with Gasteiger partial charge in [-0.1, -0.05) is 164 Å². The van der Waals surface area contributed by atoms with Gasteiger partial charge in [0.1, 0.15) is 55.4 Å². The lowest BCUT2D eigenvalue weighted by molar-refractivity contribution is -0.332. The molecule has 390 valence electrons. The Hall–Kier alpha value is -3.06. The SMILES string of the molecule is CC/C=C/C=C/C=C/C=C/C=C/CCCC(=O)OC(COC(=O)CCCCCCCCC/C=C/CCCCCCCCCC)CO[C@@H]1O[C@H](CO[C@@H]2O[C@H](CO)[C@H](O)C(O)C2O)[C@H](O)C(O)C1O. The van der Waals surface area contributed by atoms with Crippen LogP contribution in [0.25, 0.3) is 0 Å². The van der Waals surface area contributed by atoms with Crippen LogP contribution in [0.3, 0.4) is 0 Å². The van der Waals surface area contributed by atoms with Gasteiger partial charge in [-0.2, -0.15) is 0 Å². The van der Waals surface area contributed by atoms with Crippen LogP contribution in [0.2, 0.25) is 0 Å². The topological polar surface area (TPSA) is 231 Å². The Kier molecular flexibility index (Phi) is 35.6. The van der Waals surface area contributed by atoms with Crippen molar-refractivity contribution >= 4 is 11.9 Å². The number of rotatable bonds is 38. The molecule has 2 heterocycles. The Morgan fingerprint density at radius 2 is 0.956 bits per heavy atom. The van der Waals surface area contributed by atoms with E-state index in [9.17, 15) is 45.3 Å². The predicted octanol–water partition coefficient (Wildman–Crippen LogP) is 7.04. The van der Waals surface area contributed by atoms with Crippen LogP contribution < -0.4 is 0 Å². The Labute approximate surface area is 406 Å². The molecule has 0 aliphatic carbocycles. The minimum absolute atomic E-state index is 0.0648. The molecule has 2 saturated heterocycles. The second kappa shape index (κ2) is 39.6. The van der Waals surface area contributed by atoms with E-state index in [0.717, 1.165) is 38.5 Å². The Morgan fingerprint density at radius 1 is 0.485 bits per heavy atom. The van der Waals surface area contributed by atoms with Crippen LogP contribution >= 0.6 is 0 Å². The molecular weight excluding hydrogens is 877 g/mol. The Morgan fingerprint density at radius 3 is 1.53 bits per heavy atom. The number of carbonyl (C=O) groups is 2. The molecule has 0 aromatic rings. The summed E-state index contributed by atoms with van der Waals surface area (Å²) in [5.74, 6) is -1.02. The van der Waals surface area contributed by atoms with Crippen molar-refractivity contribution in [3.05, 3.63) is 72.9 Å². The molecule has 2 fully saturated rings. The van der Waals surface area contributed by atoms with Crippen molar-refractivity contribution in [1.29, 1.82) is 0 Å². The lowest BCUT2D eigenvalue weighted by atomic mass is 9.98. The average molecular weight is 965 g/mol. The maximum absolute atomic E-state index is 12.9. The van der Waals surface area contributed by atoms with Gasteiger partial charge in [-0.3, -0.25) is 9.59 Å². The van der Waals surface area contributed by atoms with E-state index in [1.165, 1.54) is 70.6 Å². The zero-order valence-corrected chi connectivity index (χ0v) is 41.1. The van der Waals surface area contributed by atoms with E-state index in [-0.39, 0.29) is 19.4 Å². The molecule has 0 spiro atoms. The normalized spacial score (nSPS) is 26.4. The molecule has 15 heteroatoms. The number of esters is 2. The van der Waals surface area contributed by atoms with Gasteiger partial charge in [0.05, 0.1) is 19.8 Å². The molecule has 11 atom stereocenters. The van der Waals surface area contributed by atoms with E-state index in [2.05, 4.69) is 32.1 Å². The van der Waals surface area contributed by atoms with E-state index in [1.54, 1.807) is 0 Å². The highest BCUT2D eigenvalue weighted by atomic mass is 16.7. The van der Waals surface area contributed by atoms with Crippen molar-refractivity contribution in [1.82, 2.24) is 0 Å². The third-order valence-corrected chi connectivity index (χ3v) is 11.8. The third-order valence-electron chi connectivity index (χ3n) is 11.8. The van der Waals surface area contributed by atoms with E-state index in [1.807, 2.05) is 54.7 Å². The number of aliphatic hydroxyl groups is 7. The lowest BCUT2D eigenvalue weighted by Gasteiger charge is -2.42. The van der Waals surface area contributed by atoms with Gasteiger partial charge in [0, 0.05) is 12.8 Å². The Bertz CT molecular complexity index is 1460. The molecule has 0 bridgehead atoms. The smallest absolute Gasteiger partial charge is 0.306 e. The Balaban J connectivity index is 1.82. The molecule has 0 saturated carbocycles. The second-order valence-corrected chi connectivity index (χ2v) is 17.7. The highest BCUT2D eigenvalue weighted by Gasteiger charge is 2.47. The molecule has 15 nitrogen and oxygen atoms in total. The first kappa shape index (κ1) is 61.1. The van der Waals surface area contributed by atoms with Crippen LogP contribution in [0.15, 0.2) is 72.9 Å². The van der Waals surface area contributed by atoms with E-state index >= 15 is 0 Å². The molecule has 68 heavy (non-hydrogen) atoms. The van der Waals surface area contributed by atoms with Crippen molar-refractivity contribution in [3.63, 3.8) is 0 Å². The van der Waals surface area contributed by atoms with Gasteiger partial charge in [0.25, 0.3) is 0 Å². The second-order valence-electron chi connectivity index (χ2n) is 17.7. The monoisotopic (exact) mass is 965 g/mol. The highest BCUT2D eigenvalue weighted by Crippen LogP contribution is 2.26. The average Bonchev–Trinajstić information content (AvgIpc) is 3.33. The van der Waals surface area contributed by atoms with Gasteiger partial charge >= 0.3 is 11.9 Å². The molecule has 0 amide bonds. The van der Waals surface area contributed by atoms with Crippen molar-refractivity contribution in [2.75, 3.05) is 26.4 Å². The third kappa shape index (κ3) is 27.4. The van der Waals surface area contributed by atoms with Crippen LogP contribution in [0.4, 0.5) is 0 Å². The van der Waals surface area contributed by atoms with Crippen molar-refractivity contribution in [2.24, 2.45) is 0 Å². The summed E-state index contributed by atoms with van der Waals surface area (Å²) in [4.78, 5) is 25.7. The summed E-state index contributed by atoms with van der Waals surface area (Å²) in [6.45, 7) is 2.35. The number of hydrogen-bond donors (Lipinski definition) is 7. The maximum Gasteiger partial charge on any atom is 0.306 e. The molecule has 2 aliphatic rings. The van der Waals surface area contributed by atoms with E-state index < -0.39 is 99.3 Å². The summed E-state index contributed by atoms with van der Waals surface area (Å²) in [6, 6.07) is 0. The summed E-state index contributed by atoms with van der Waals surface area (Å²) in [5, 5.41) is 72.0. The lowest BCUT2D eigenvalue weighted by Crippen LogP contribution is -2.61. The van der Waals surface area contributed by atoms with E-state index in [4.69, 9.17) is 28.4 Å². The maximum atomic E-state index is 12.9. The van der Waals surface area contributed by atoms with Gasteiger partial charge in [0.15, 0.2) is 18.7 Å². The van der Waals surface area contributed by atoms with Crippen LogP contribution in [0, 0.1) is 0 Å². The minimum Gasteiger partial charge on any atom is -0.462 e. The fourth-order valence-corrected chi connectivity index (χ4v) is 7.59. The van der Waals surface area contributed by atoms with E-state index in [0.29, 0.717) is 19.3 Å². The van der Waals surface area contributed by atoms with Crippen molar-refractivity contribution in [3.8, 4) is 0 Å². The van der Waals surface area contributed by atoms with Crippen LogP contribution in [0.1, 0.15) is 155 Å². The molecule has 5 unspecified atom stereocenters. The first-order valence-electron chi connectivity index (χ1n) is 25.6. The number of carbonyl (C=O) groups excluding carboxylic acids is 2. The summed E-state index contributed by atoms with van der Waals surface area (Å²) >= 11 is 0. The first-order chi connectivity index (χ1) is 33.0. The van der Waals surface area contributed by atoms with Gasteiger partial charge in [-0.05, 0) is 51.4 Å². The van der Waals surface area contributed by atoms with Gasteiger partial charge in [-0.25, -0.2) is 0 Å². The minimum atomic E-state index is -1.78. The molecule has 0 radical (unpaired) electrons. The highest BCUT2D eigenvalue weighted by molar-refractivity contribution is 5.70. The molecular formula is C53H88O15. The number of unbranched alkanes of at least 4 members (excludes halogenated alkanes) is 16. The van der Waals surface area contributed by atoms with Crippen molar-refractivity contribution in [2.45, 2.75) is 223 Å². The van der Waals surface area contributed by atoms with Crippen LogP contribution in [-0.4, -0.2) is 142 Å². The number of hydrogen-bond acceptors (Lipinski definition) is 15. The quantitative estimate of drug-likeness (QED) is 0.0142. The summed E-state index contributed by atoms with van der Waals surface area (Å²) in [7, 11) is 0. The van der Waals surface area contributed by atoms with Gasteiger partial charge < -0.3 is 64.2 Å². The molecule has 2 aliphatic heterocycles. The summed E-state index contributed by atoms with van der Waals surface area (Å²) < 4.78 is 33.4. The fraction of sp³-hybridized carbons (Fsp3) is 0.736. The molecule has 0 aromatic heterocycles. The first-order valence-corrected chi connectivity index (χ1v) is 25.6. The largest absolute Gasteiger partial charge is 0.462 e. The molecule has 2 rings (SSSR count). The molecule has 7 N–H and O–H groups in total.